The standard InChI is InChI=1S/C25H37NO5/c1-5-26(6-2)17-16-25(23(28)12-13-24(25)29)15-14-20(27)9-7-8-19-10-11-21(30-3)22(18-19)31-4/h10-11,18H,5-9,12-17H2,1-4H3. The Morgan fingerprint density at radius 1 is 0.968 bits per heavy atom. The minimum Gasteiger partial charge on any atom is -0.493 e. The lowest BCUT2D eigenvalue weighted by Gasteiger charge is -2.29. The molecule has 0 atom stereocenters. The molecule has 0 saturated heterocycles. The number of ether oxygens (including phenoxy) is 2. The zero-order valence-electron chi connectivity index (χ0n) is 19.5. The lowest BCUT2D eigenvalue weighted by Crippen LogP contribution is -2.38. The van der Waals surface area contributed by atoms with E-state index in [2.05, 4.69) is 18.7 Å². The molecule has 0 spiro atoms. The summed E-state index contributed by atoms with van der Waals surface area (Å²) in [4.78, 5) is 40.1. The Morgan fingerprint density at radius 3 is 2.19 bits per heavy atom. The number of carbonyl (C=O) groups excluding carboxylic acids is 3. The number of Topliss-reactive ketones (excluding diaryl/α,β-unsaturated/α-hetero) is 3. The monoisotopic (exact) mass is 431 g/mol. The average Bonchev–Trinajstić information content (AvgIpc) is 3.06. The van der Waals surface area contributed by atoms with Gasteiger partial charge in [-0.3, -0.25) is 14.4 Å². The number of ketones is 3. The smallest absolute Gasteiger partial charge is 0.160 e. The molecule has 1 aliphatic rings. The molecule has 6 nitrogen and oxygen atoms in total. The van der Waals surface area contributed by atoms with Gasteiger partial charge in [0.25, 0.3) is 0 Å². The van der Waals surface area contributed by atoms with Crippen LogP contribution in [0, 0.1) is 5.41 Å². The molecule has 0 bridgehead atoms. The van der Waals surface area contributed by atoms with Crippen molar-refractivity contribution < 1.29 is 23.9 Å². The van der Waals surface area contributed by atoms with Crippen LogP contribution in [0.15, 0.2) is 18.2 Å². The minimum absolute atomic E-state index is 0.0304. The molecule has 1 aliphatic carbocycles. The van der Waals surface area contributed by atoms with E-state index >= 15 is 0 Å². The summed E-state index contributed by atoms with van der Waals surface area (Å²) in [6.45, 7) is 6.67. The Balaban J connectivity index is 1.88. The van der Waals surface area contributed by atoms with E-state index in [9.17, 15) is 14.4 Å². The molecule has 2 rings (SSSR count). The number of benzene rings is 1. The van der Waals surface area contributed by atoms with Crippen LogP contribution in [-0.4, -0.2) is 56.1 Å². The molecular weight excluding hydrogens is 394 g/mol. The van der Waals surface area contributed by atoms with E-state index in [1.54, 1.807) is 14.2 Å². The number of carbonyl (C=O) groups is 3. The highest BCUT2D eigenvalue weighted by molar-refractivity contribution is 6.13. The summed E-state index contributed by atoms with van der Waals surface area (Å²) >= 11 is 0. The first-order valence-corrected chi connectivity index (χ1v) is 11.4. The van der Waals surface area contributed by atoms with Crippen LogP contribution in [0.2, 0.25) is 0 Å². The highest BCUT2D eigenvalue weighted by Crippen LogP contribution is 2.39. The molecule has 1 aromatic carbocycles. The fourth-order valence-corrected chi connectivity index (χ4v) is 4.44. The molecule has 31 heavy (non-hydrogen) atoms. The number of aryl methyl sites for hydroxylation is 1. The largest absolute Gasteiger partial charge is 0.493 e. The van der Waals surface area contributed by atoms with E-state index in [-0.39, 0.29) is 17.3 Å². The van der Waals surface area contributed by atoms with Gasteiger partial charge in [-0.2, -0.15) is 0 Å². The number of nitrogens with zero attached hydrogens (tertiary/aromatic N) is 1. The van der Waals surface area contributed by atoms with Crippen LogP contribution in [0.5, 0.6) is 11.5 Å². The molecule has 1 fully saturated rings. The highest BCUT2D eigenvalue weighted by Gasteiger charge is 2.48. The van der Waals surface area contributed by atoms with Crippen LogP contribution in [0.3, 0.4) is 0 Å². The van der Waals surface area contributed by atoms with Gasteiger partial charge in [0, 0.05) is 25.7 Å². The summed E-state index contributed by atoms with van der Waals surface area (Å²) in [5.41, 5.74) is 0.143. The van der Waals surface area contributed by atoms with Gasteiger partial charge in [-0.1, -0.05) is 19.9 Å². The second-order valence-corrected chi connectivity index (χ2v) is 8.29. The fourth-order valence-electron chi connectivity index (χ4n) is 4.44. The van der Waals surface area contributed by atoms with Gasteiger partial charge in [-0.05, 0) is 63.0 Å². The molecule has 0 aromatic heterocycles. The summed E-state index contributed by atoms with van der Waals surface area (Å²) < 4.78 is 10.6. The lowest BCUT2D eigenvalue weighted by molar-refractivity contribution is -0.136. The van der Waals surface area contributed by atoms with Crippen LogP contribution in [-0.2, 0) is 20.8 Å². The van der Waals surface area contributed by atoms with Gasteiger partial charge in [-0.15, -0.1) is 0 Å². The van der Waals surface area contributed by atoms with Crippen molar-refractivity contribution in [2.75, 3.05) is 33.9 Å². The third-order valence-corrected chi connectivity index (χ3v) is 6.60. The zero-order valence-corrected chi connectivity index (χ0v) is 19.5. The average molecular weight is 432 g/mol. The van der Waals surface area contributed by atoms with Crippen molar-refractivity contribution in [1.29, 1.82) is 0 Å². The van der Waals surface area contributed by atoms with E-state index in [1.165, 1.54) is 0 Å². The number of rotatable bonds is 14. The third-order valence-electron chi connectivity index (χ3n) is 6.60. The summed E-state index contributed by atoms with van der Waals surface area (Å²) in [5.74, 6) is 1.55. The van der Waals surface area contributed by atoms with Crippen LogP contribution in [0.1, 0.15) is 64.4 Å². The Morgan fingerprint density at radius 2 is 1.61 bits per heavy atom. The van der Waals surface area contributed by atoms with Crippen LogP contribution < -0.4 is 9.47 Å². The molecule has 0 unspecified atom stereocenters. The summed E-state index contributed by atoms with van der Waals surface area (Å²) in [6, 6.07) is 5.78. The Hall–Kier alpha value is -2.21. The molecule has 0 aliphatic heterocycles. The van der Waals surface area contributed by atoms with Crippen molar-refractivity contribution in [3.8, 4) is 11.5 Å². The van der Waals surface area contributed by atoms with Crippen molar-refractivity contribution in [3.05, 3.63) is 23.8 Å². The van der Waals surface area contributed by atoms with Gasteiger partial charge in [0.2, 0.25) is 0 Å². The molecule has 0 amide bonds. The molecule has 0 N–H and O–H groups in total. The second-order valence-electron chi connectivity index (χ2n) is 8.29. The quantitative estimate of drug-likeness (QED) is 0.414. The second kappa shape index (κ2) is 12.0. The Kier molecular flexibility index (Phi) is 9.69. The van der Waals surface area contributed by atoms with Crippen molar-refractivity contribution in [2.24, 2.45) is 5.41 Å². The van der Waals surface area contributed by atoms with Crippen molar-refractivity contribution in [2.45, 2.75) is 65.2 Å². The molecule has 1 aromatic rings. The van der Waals surface area contributed by atoms with Crippen molar-refractivity contribution in [3.63, 3.8) is 0 Å². The van der Waals surface area contributed by atoms with Gasteiger partial charge in [0.05, 0.1) is 19.6 Å². The van der Waals surface area contributed by atoms with Crippen LogP contribution >= 0.6 is 0 Å². The number of methoxy groups -OCH3 is 2. The maximum atomic E-state index is 12.6. The molecule has 0 radical (unpaired) electrons. The van der Waals surface area contributed by atoms with Gasteiger partial charge in [0.1, 0.15) is 17.3 Å². The Bertz CT molecular complexity index is 753. The summed E-state index contributed by atoms with van der Waals surface area (Å²) in [7, 11) is 3.21. The van der Waals surface area contributed by atoms with Gasteiger partial charge in [-0.25, -0.2) is 0 Å². The van der Waals surface area contributed by atoms with E-state index in [4.69, 9.17) is 9.47 Å². The molecule has 1 saturated carbocycles. The zero-order chi connectivity index (χ0) is 22.9. The predicted molar refractivity (Wildman–Crippen MR) is 121 cm³/mol. The molecule has 0 heterocycles. The summed E-state index contributed by atoms with van der Waals surface area (Å²) in [5, 5.41) is 0. The highest BCUT2D eigenvalue weighted by atomic mass is 16.5. The van der Waals surface area contributed by atoms with Crippen LogP contribution in [0.25, 0.3) is 0 Å². The van der Waals surface area contributed by atoms with E-state index < -0.39 is 5.41 Å². The first-order chi connectivity index (χ1) is 14.9. The topological polar surface area (TPSA) is 72.9 Å². The lowest BCUT2D eigenvalue weighted by atomic mass is 9.76. The van der Waals surface area contributed by atoms with E-state index in [0.717, 1.165) is 38.0 Å². The van der Waals surface area contributed by atoms with Gasteiger partial charge >= 0.3 is 0 Å². The molecule has 172 valence electrons. The first-order valence-electron chi connectivity index (χ1n) is 11.4. The van der Waals surface area contributed by atoms with E-state index in [0.29, 0.717) is 50.0 Å². The van der Waals surface area contributed by atoms with Gasteiger partial charge < -0.3 is 14.4 Å². The first kappa shape index (κ1) is 25.1. The van der Waals surface area contributed by atoms with Crippen molar-refractivity contribution in [1.82, 2.24) is 4.90 Å². The SMILES string of the molecule is CCN(CC)CCC1(CCC(=O)CCCc2ccc(OC)c(OC)c2)C(=O)CCC1=O. The minimum atomic E-state index is -0.943. The molecular formula is C25H37NO5. The normalized spacial score (nSPS) is 15.5. The molecule has 6 heteroatoms. The summed E-state index contributed by atoms with van der Waals surface area (Å²) in [6.07, 6.45) is 3.77. The van der Waals surface area contributed by atoms with Crippen molar-refractivity contribution >= 4 is 17.3 Å². The maximum Gasteiger partial charge on any atom is 0.160 e. The predicted octanol–water partition coefficient (Wildman–Crippen LogP) is 4.03. The Labute approximate surface area is 186 Å². The number of hydrogen-bond acceptors (Lipinski definition) is 6. The maximum absolute atomic E-state index is 12.6. The fraction of sp³-hybridized carbons (Fsp3) is 0.640. The number of hydrogen-bond donors (Lipinski definition) is 0. The third kappa shape index (κ3) is 6.39. The van der Waals surface area contributed by atoms with Crippen LogP contribution in [0.4, 0.5) is 0 Å². The van der Waals surface area contributed by atoms with Gasteiger partial charge in [0.15, 0.2) is 11.5 Å². The van der Waals surface area contributed by atoms with E-state index in [1.807, 2.05) is 18.2 Å².